The van der Waals surface area contributed by atoms with Crippen LogP contribution in [0.2, 0.25) is 5.02 Å². The zero-order valence-corrected chi connectivity index (χ0v) is 12.5. The summed E-state index contributed by atoms with van der Waals surface area (Å²) in [5, 5.41) is 12.1. The van der Waals surface area contributed by atoms with Gasteiger partial charge >= 0.3 is 5.97 Å². The van der Waals surface area contributed by atoms with Crippen molar-refractivity contribution in [3.05, 3.63) is 28.8 Å². The van der Waals surface area contributed by atoms with Crippen LogP contribution in [0.5, 0.6) is 5.75 Å². The second-order valence-electron chi connectivity index (χ2n) is 4.69. The Bertz CT molecular complexity index is 518. The summed E-state index contributed by atoms with van der Waals surface area (Å²) < 4.78 is 5.36. The number of carboxylic acids is 1. The highest BCUT2D eigenvalue weighted by Gasteiger charge is 2.32. The molecule has 2 N–H and O–H groups in total. The molecule has 1 amide bonds. The number of halogens is 1. The van der Waals surface area contributed by atoms with E-state index in [1.54, 1.807) is 32.0 Å². The number of ether oxygens (including phenoxy) is 1. The van der Waals surface area contributed by atoms with Crippen LogP contribution in [-0.4, -0.2) is 29.1 Å². The zero-order chi connectivity index (χ0) is 15.3. The van der Waals surface area contributed by atoms with E-state index in [0.29, 0.717) is 10.8 Å². The number of amides is 1. The van der Waals surface area contributed by atoms with Crippen molar-refractivity contribution in [2.75, 3.05) is 6.61 Å². The molecule has 1 aromatic rings. The minimum absolute atomic E-state index is 0.260. The Balaban J connectivity index is 2.64. The summed E-state index contributed by atoms with van der Waals surface area (Å²) in [6.07, 6.45) is 0.282. The van der Waals surface area contributed by atoms with E-state index in [-0.39, 0.29) is 13.0 Å². The summed E-state index contributed by atoms with van der Waals surface area (Å²) in [7, 11) is 0. The van der Waals surface area contributed by atoms with E-state index >= 15 is 0 Å². The second kappa shape index (κ2) is 6.61. The third kappa shape index (κ3) is 3.87. The lowest BCUT2D eigenvalue weighted by atomic mass is 9.99. The van der Waals surface area contributed by atoms with E-state index in [2.05, 4.69) is 5.32 Å². The van der Waals surface area contributed by atoms with Crippen LogP contribution in [0.3, 0.4) is 0 Å². The summed E-state index contributed by atoms with van der Waals surface area (Å²) >= 11 is 5.94. The molecular weight excluding hydrogens is 282 g/mol. The van der Waals surface area contributed by atoms with E-state index in [1.165, 1.54) is 6.92 Å². The van der Waals surface area contributed by atoms with Gasteiger partial charge in [-0.05, 0) is 32.4 Å². The fourth-order valence-electron chi connectivity index (χ4n) is 1.52. The SMILES string of the molecule is CCC(C)(NC(=O)COc1cccc(Cl)c1C)C(=O)O. The Kier molecular flexibility index (Phi) is 5.39. The summed E-state index contributed by atoms with van der Waals surface area (Å²) in [6, 6.07) is 5.14. The number of aliphatic carboxylic acids is 1. The smallest absolute Gasteiger partial charge is 0.329 e. The van der Waals surface area contributed by atoms with Gasteiger partial charge in [-0.25, -0.2) is 4.79 Å². The molecule has 1 atom stereocenters. The van der Waals surface area contributed by atoms with Gasteiger partial charge in [0.05, 0.1) is 0 Å². The van der Waals surface area contributed by atoms with Gasteiger partial charge in [-0.1, -0.05) is 24.6 Å². The number of hydrogen-bond donors (Lipinski definition) is 2. The zero-order valence-electron chi connectivity index (χ0n) is 11.7. The lowest BCUT2D eigenvalue weighted by molar-refractivity contribution is -0.147. The van der Waals surface area contributed by atoms with Crippen molar-refractivity contribution in [1.29, 1.82) is 0 Å². The molecule has 0 saturated heterocycles. The average molecular weight is 300 g/mol. The summed E-state index contributed by atoms with van der Waals surface area (Å²) in [6.45, 7) is 4.67. The molecule has 0 aliphatic heterocycles. The molecule has 1 aromatic carbocycles. The van der Waals surface area contributed by atoms with Crippen LogP contribution < -0.4 is 10.1 Å². The topological polar surface area (TPSA) is 75.6 Å². The normalized spacial score (nSPS) is 13.4. The van der Waals surface area contributed by atoms with E-state index in [0.717, 1.165) is 5.56 Å². The molecule has 110 valence electrons. The number of carboxylic acid groups (broad SMARTS) is 1. The third-order valence-electron chi connectivity index (χ3n) is 3.17. The maximum Gasteiger partial charge on any atom is 0.329 e. The van der Waals surface area contributed by atoms with Crippen molar-refractivity contribution in [3.63, 3.8) is 0 Å². The lowest BCUT2D eigenvalue weighted by Gasteiger charge is -2.24. The first-order valence-electron chi connectivity index (χ1n) is 6.22. The Morgan fingerprint density at radius 3 is 2.65 bits per heavy atom. The Hall–Kier alpha value is -1.75. The highest BCUT2D eigenvalue weighted by Crippen LogP contribution is 2.24. The third-order valence-corrected chi connectivity index (χ3v) is 3.58. The Labute approximate surface area is 122 Å². The monoisotopic (exact) mass is 299 g/mol. The molecule has 0 radical (unpaired) electrons. The molecule has 0 bridgehead atoms. The number of nitrogens with one attached hydrogen (secondary N) is 1. The first kappa shape index (κ1) is 16.3. The van der Waals surface area contributed by atoms with Crippen molar-refractivity contribution >= 4 is 23.5 Å². The van der Waals surface area contributed by atoms with Crippen LogP contribution in [0, 0.1) is 6.92 Å². The molecule has 0 heterocycles. The molecule has 20 heavy (non-hydrogen) atoms. The van der Waals surface area contributed by atoms with Gasteiger partial charge in [-0.15, -0.1) is 0 Å². The van der Waals surface area contributed by atoms with Crippen molar-refractivity contribution in [2.24, 2.45) is 0 Å². The second-order valence-corrected chi connectivity index (χ2v) is 5.10. The molecule has 1 unspecified atom stereocenters. The molecule has 0 saturated carbocycles. The number of carbonyl (C=O) groups is 2. The van der Waals surface area contributed by atoms with Crippen LogP contribution in [0.25, 0.3) is 0 Å². The molecule has 0 spiro atoms. The molecular formula is C14H18ClNO4. The van der Waals surface area contributed by atoms with Crippen LogP contribution in [0.15, 0.2) is 18.2 Å². The van der Waals surface area contributed by atoms with E-state index in [4.69, 9.17) is 21.4 Å². The predicted molar refractivity (Wildman–Crippen MR) is 76.2 cm³/mol. The molecule has 0 fully saturated rings. The van der Waals surface area contributed by atoms with Crippen molar-refractivity contribution in [1.82, 2.24) is 5.32 Å². The van der Waals surface area contributed by atoms with Crippen LogP contribution in [0.1, 0.15) is 25.8 Å². The predicted octanol–water partition coefficient (Wildman–Crippen LogP) is 2.40. The van der Waals surface area contributed by atoms with Gasteiger partial charge in [-0.3, -0.25) is 4.79 Å². The number of hydrogen-bond acceptors (Lipinski definition) is 3. The first-order chi connectivity index (χ1) is 9.30. The van der Waals surface area contributed by atoms with Gasteiger partial charge in [0.1, 0.15) is 11.3 Å². The Morgan fingerprint density at radius 1 is 1.45 bits per heavy atom. The Morgan fingerprint density at radius 2 is 2.10 bits per heavy atom. The van der Waals surface area contributed by atoms with E-state index in [9.17, 15) is 9.59 Å². The number of benzene rings is 1. The van der Waals surface area contributed by atoms with E-state index in [1.807, 2.05) is 0 Å². The summed E-state index contributed by atoms with van der Waals surface area (Å²) in [4.78, 5) is 22.8. The maximum absolute atomic E-state index is 11.8. The number of carbonyl (C=O) groups excluding carboxylic acids is 1. The molecule has 5 nitrogen and oxygen atoms in total. The molecule has 0 aliphatic rings. The highest BCUT2D eigenvalue weighted by atomic mass is 35.5. The van der Waals surface area contributed by atoms with Gasteiger partial charge in [0.15, 0.2) is 6.61 Å². The van der Waals surface area contributed by atoms with Gasteiger partial charge in [0.2, 0.25) is 0 Å². The largest absolute Gasteiger partial charge is 0.483 e. The quantitative estimate of drug-likeness (QED) is 0.846. The number of rotatable bonds is 6. The van der Waals surface area contributed by atoms with Gasteiger partial charge in [0, 0.05) is 10.6 Å². The average Bonchev–Trinajstić information content (AvgIpc) is 2.40. The summed E-state index contributed by atoms with van der Waals surface area (Å²) in [5.74, 6) is -1.07. The lowest BCUT2D eigenvalue weighted by Crippen LogP contribution is -2.53. The van der Waals surface area contributed by atoms with Crippen LogP contribution in [0.4, 0.5) is 0 Å². The van der Waals surface area contributed by atoms with Crippen LogP contribution in [-0.2, 0) is 9.59 Å². The minimum Gasteiger partial charge on any atom is -0.483 e. The molecule has 0 aliphatic carbocycles. The van der Waals surface area contributed by atoms with E-state index < -0.39 is 17.4 Å². The van der Waals surface area contributed by atoms with Crippen LogP contribution >= 0.6 is 11.6 Å². The van der Waals surface area contributed by atoms with Gasteiger partial charge < -0.3 is 15.2 Å². The maximum atomic E-state index is 11.8. The van der Waals surface area contributed by atoms with Gasteiger partial charge in [-0.2, -0.15) is 0 Å². The standard InChI is InChI=1S/C14H18ClNO4/c1-4-14(3,13(18)19)16-12(17)8-20-11-7-5-6-10(15)9(11)2/h5-7H,4,8H2,1-3H3,(H,16,17)(H,18,19). The minimum atomic E-state index is -1.29. The van der Waals surface area contributed by atoms with Crippen molar-refractivity contribution < 1.29 is 19.4 Å². The molecule has 0 aromatic heterocycles. The fraction of sp³-hybridized carbons (Fsp3) is 0.429. The molecule has 6 heteroatoms. The first-order valence-corrected chi connectivity index (χ1v) is 6.60. The molecule has 1 rings (SSSR count). The van der Waals surface area contributed by atoms with Crippen molar-refractivity contribution in [3.8, 4) is 5.75 Å². The highest BCUT2D eigenvalue weighted by molar-refractivity contribution is 6.31. The van der Waals surface area contributed by atoms with Crippen molar-refractivity contribution in [2.45, 2.75) is 32.7 Å². The summed E-state index contributed by atoms with van der Waals surface area (Å²) in [5.41, 5.74) is -0.553. The fourth-order valence-corrected chi connectivity index (χ4v) is 1.69. The van der Waals surface area contributed by atoms with Gasteiger partial charge in [0.25, 0.3) is 5.91 Å².